The van der Waals surface area contributed by atoms with Gasteiger partial charge in [0.15, 0.2) is 0 Å². The van der Waals surface area contributed by atoms with Gasteiger partial charge in [0, 0.05) is 24.0 Å². The highest BCUT2D eigenvalue weighted by atomic mass is 15.3. The molecule has 0 saturated carbocycles. The maximum Gasteiger partial charge on any atom is 0.0568 e. The number of rotatable bonds is 2. The normalized spacial score (nSPS) is 10.4. The van der Waals surface area contributed by atoms with Gasteiger partial charge >= 0.3 is 0 Å². The summed E-state index contributed by atoms with van der Waals surface area (Å²) in [6.07, 6.45) is 3.90. The minimum Gasteiger partial charge on any atom is -0.399 e. The molecule has 72 valence electrons. The maximum atomic E-state index is 5.62. The summed E-state index contributed by atoms with van der Waals surface area (Å²) in [5.74, 6) is 0. The van der Waals surface area contributed by atoms with Gasteiger partial charge in [-0.05, 0) is 24.6 Å². The van der Waals surface area contributed by atoms with Crippen molar-refractivity contribution >= 4 is 5.69 Å². The SMILES string of the molecule is CCn1cc(-c2ccc(N)cc2)cn1. The molecule has 2 rings (SSSR count). The van der Waals surface area contributed by atoms with E-state index < -0.39 is 0 Å². The molecule has 0 unspecified atom stereocenters. The van der Waals surface area contributed by atoms with Crippen molar-refractivity contribution in [1.82, 2.24) is 9.78 Å². The van der Waals surface area contributed by atoms with E-state index in [0.717, 1.165) is 23.4 Å². The quantitative estimate of drug-likeness (QED) is 0.732. The summed E-state index contributed by atoms with van der Waals surface area (Å²) in [5, 5.41) is 4.22. The van der Waals surface area contributed by atoms with E-state index in [9.17, 15) is 0 Å². The number of aromatic nitrogens is 2. The highest BCUT2D eigenvalue weighted by molar-refractivity contribution is 5.63. The topological polar surface area (TPSA) is 43.8 Å². The van der Waals surface area contributed by atoms with E-state index >= 15 is 0 Å². The molecule has 1 aromatic carbocycles. The first-order chi connectivity index (χ1) is 6.79. The molecular weight excluding hydrogens is 174 g/mol. The van der Waals surface area contributed by atoms with Crippen LogP contribution in [0.4, 0.5) is 5.69 Å². The van der Waals surface area contributed by atoms with Crippen molar-refractivity contribution < 1.29 is 0 Å². The number of hydrogen-bond donors (Lipinski definition) is 1. The Morgan fingerprint density at radius 2 is 1.93 bits per heavy atom. The van der Waals surface area contributed by atoms with Gasteiger partial charge in [0.25, 0.3) is 0 Å². The number of nitrogens with zero attached hydrogens (tertiary/aromatic N) is 2. The number of hydrogen-bond acceptors (Lipinski definition) is 2. The van der Waals surface area contributed by atoms with Crippen LogP contribution in [0, 0.1) is 0 Å². The zero-order valence-corrected chi connectivity index (χ0v) is 8.14. The summed E-state index contributed by atoms with van der Waals surface area (Å²) >= 11 is 0. The molecule has 0 aliphatic carbocycles. The molecule has 1 aromatic heterocycles. The molecule has 0 radical (unpaired) electrons. The molecule has 0 bridgehead atoms. The minimum atomic E-state index is 0.789. The van der Waals surface area contributed by atoms with Gasteiger partial charge in [-0.25, -0.2) is 0 Å². The van der Waals surface area contributed by atoms with Crippen molar-refractivity contribution in [2.45, 2.75) is 13.5 Å². The van der Waals surface area contributed by atoms with Crippen molar-refractivity contribution in [2.75, 3.05) is 5.73 Å². The maximum absolute atomic E-state index is 5.62. The average molecular weight is 187 g/mol. The molecule has 0 amide bonds. The van der Waals surface area contributed by atoms with Gasteiger partial charge in [-0.1, -0.05) is 12.1 Å². The van der Waals surface area contributed by atoms with Gasteiger partial charge in [0.2, 0.25) is 0 Å². The smallest absolute Gasteiger partial charge is 0.0568 e. The van der Waals surface area contributed by atoms with Crippen LogP contribution >= 0.6 is 0 Å². The van der Waals surface area contributed by atoms with Crippen molar-refractivity contribution in [2.24, 2.45) is 0 Å². The van der Waals surface area contributed by atoms with E-state index in [4.69, 9.17) is 5.73 Å². The Bertz CT molecular complexity index is 414. The van der Waals surface area contributed by atoms with Gasteiger partial charge < -0.3 is 5.73 Å². The number of anilines is 1. The largest absolute Gasteiger partial charge is 0.399 e. The molecule has 3 nitrogen and oxygen atoms in total. The summed E-state index contributed by atoms with van der Waals surface area (Å²) in [4.78, 5) is 0. The van der Waals surface area contributed by atoms with Gasteiger partial charge in [-0.15, -0.1) is 0 Å². The van der Waals surface area contributed by atoms with Crippen molar-refractivity contribution in [1.29, 1.82) is 0 Å². The summed E-state index contributed by atoms with van der Waals surface area (Å²) in [5.41, 5.74) is 8.69. The highest BCUT2D eigenvalue weighted by Crippen LogP contribution is 2.19. The fourth-order valence-corrected chi connectivity index (χ4v) is 1.36. The highest BCUT2D eigenvalue weighted by Gasteiger charge is 1.99. The number of benzene rings is 1. The Morgan fingerprint density at radius 3 is 2.50 bits per heavy atom. The standard InChI is InChI=1S/C11H13N3/c1-2-14-8-10(7-13-14)9-3-5-11(12)6-4-9/h3-8H,2,12H2,1H3. The Kier molecular flexibility index (Phi) is 2.23. The van der Waals surface area contributed by atoms with Crippen LogP contribution in [0.15, 0.2) is 36.7 Å². The Hall–Kier alpha value is -1.77. The molecule has 0 saturated heterocycles. The van der Waals surface area contributed by atoms with Crippen LogP contribution in [0.1, 0.15) is 6.92 Å². The molecule has 0 fully saturated rings. The minimum absolute atomic E-state index is 0.789. The monoisotopic (exact) mass is 187 g/mol. The zero-order valence-electron chi connectivity index (χ0n) is 8.14. The fraction of sp³-hybridized carbons (Fsp3) is 0.182. The summed E-state index contributed by atoms with van der Waals surface area (Å²) < 4.78 is 1.91. The van der Waals surface area contributed by atoms with E-state index in [1.165, 1.54) is 0 Å². The van der Waals surface area contributed by atoms with Gasteiger partial charge in [0.1, 0.15) is 0 Å². The molecule has 14 heavy (non-hydrogen) atoms. The summed E-state index contributed by atoms with van der Waals surface area (Å²) in [7, 11) is 0. The van der Waals surface area contributed by atoms with E-state index in [-0.39, 0.29) is 0 Å². The van der Waals surface area contributed by atoms with Gasteiger partial charge in [0.05, 0.1) is 6.20 Å². The molecule has 2 aromatic rings. The first-order valence-electron chi connectivity index (χ1n) is 4.68. The molecule has 2 N–H and O–H groups in total. The molecule has 0 atom stereocenters. The summed E-state index contributed by atoms with van der Waals surface area (Å²) in [6.45, 7) is 2.97. The second-order valence-corrected chi connectivity index (χ2v) is 3.21. The van der Waals surface area contributed by atoms with E-state index in [1.807, 2.05) is 41.3 Å². The molecule has 0 aliphatic rings. The molecule has 0 aliphatic heterocycles. The Labute approximate surface area is 83.2 Å². The van der Waals surface area contributed by atoms with E-state index in [0.29, 0.717) is 0 Å². The van der Waals surface area contributed by atoms with Crippen molar-refractivity contribution in [3.8, 4) is 11.1 Å². The van der Waals surface area contributed by atoms with Crippen LogP contribution in [0.5, 0.6) is 0 Å². The lowest BCUT2D eigenvalue weighted by Crippen LogP contribution is -1.91. The third-order valence-corrected chi connectivity index (χ3v) is 2.20. The number of nitrogens with two attached hydrogens (primary N) is 1. The van der Waals surface area contributed by atoms with Crippen LogP contribution in [-0.4, -0.2) is 9.78 Å². The predicted molar refractivity (Wildman–Crippen MR) is 57.7 cm³/mol. The second-order valence-electron chi connectivity index (χ2n) is 3.21. The van der Waals surface area contributed by atoms with Crippen LogP contribution in [0.25, 0.3) is 11.1 Å². The van der Waals surface area contributed by atoms with Gasteiger partial charge in [-0.2, -0.15) is 5.10 Å². The number of nitrogen functional groups attached to an aromatic ring is 1. The van der Waals surface area contributed by atoms with Gasteiger partial charge in [-0.3, -0.25) is 4.68 Å². The number of aryl methyl sites for hydroxylation is 1. The Morgan fingerprint density at radius 1 is 1.21 bits per heavy atom. The molecule has 3 heteroatoms. The zero-order chi connectivity index (χ0) is 9.97. The average Bonchev–Trinajstić information content (AvgIpc) is 2.67. The predicted octanol–water partition coefficient (Wildman–Crippen LogP) is 2.15. The lowest BCUT2D eigenvalue weighted by molar-refractivity contribution is 0.660. The lowest BCUT2D eigenvalue weighted by Gasteiger charge is -1.97. The second kappa shape index (κ2) is 3.54. The molecular formula is C11H13N3. The van der Waals surface area contributed by atoms with Crippen molar-refractivity contribution in [3.05, 3.63) is 36.7 Å². The lowest BCUT2D eigenvalue weighted by atomic mass is 10.1. The van der Waals surface area contributed by atoms with Crippen LogP contribution < -0.4 is 5.73 Å². The fourth-order valence-electron chi connectivity index (χ4n) is 1.36. The van der Waals surface area contributed by atoms with Crippen LogP contribution in [-0.2, 0) is 6.54 Å². The van der Waals surface area contributed by atoms with Crippen molar-refractivity contribution in [3.63, 3.8) is 0 Å². The third kappa shape index (κ3) is 1.62. The van der Waals surface area contributed by atoms with Crippen LogP contribution in [0.2, 0.25) is 0 Å². The van der Waals surface area contributed by atoms with Crippen LogP contribution in [0.3, 0.4) is 0 Å². The van der Waals surface area contributed by atoms with E-state index in [1.54, 1.807) is 0 Å². The summed E-state index contributed by atoms with van der Waals surface area (Å²) in [6, 6.07) is 7.82. The van der Waals surface area contributed by atoms with E-state index in [2.05, 4.69) is 12.0 Å². The molecule has 0 spiro atoms. The Balaban J connectivity index is 2.34. The first kappa shape index (κ1) is 8.81. The third-order valence-electron chi connectivity index (χ3n) is 2.20. The molecule has 1 heterocycles. The first-order valence-corrected chi connectivity index (χ1v) is 4.68.